The Labute approximate surface area is 211 Å². The van der Waals surface area contributed by atoms with Crippen molar-refractivity contribution in [2.75, 3.05) is 31.2 Å². The van der Waals surface area contributed by atoms with Gasteiger partial charge < -0.3 is 15.3 Å². The van der Waals surface area contributed by atoms with Crippen molar-refractivity contribution in [3.05, 3.63) is 72.4 Å². The second-order valence-corrected chi connectivity index (χ2v) is 11.6. The number of nitrogens with zero attached hydrogens (tertiary/aromatic N) is 4. The molecule has 1 unspecified atom stereocenters. The van der Waals surface area contributed by atoms with Gasteiger partial charge in [0, 0.05) is 24.1 Å². The number of fused-ring (bicyclic) bond motifs is 1. The van der Waals surface area contributed by atoms with Crippen LogP contribution >= 0.6 is 0 Å². The van der Waals surface area contributed by atoms with Crippen LogP contribution in [0, 0.1) is 0 Å². The van der Waals surface area contributed by atoms with Crippen LogP contribution in [0.15, 0.2) is 71.8 Å². The first-order valence-electron chi connectivity index (χ1n) is 12.2. The summed E-state index contributed by atoms with van der Waals surface area (Å²) in [5.74, 6) is 1.01. The molecule has 0 saturated carbocycles. The third-order valence-electron chi connectivity index (χ3n) is 6.73. The molecule has 1 aliphatic heterocycles. The molecule has 0 aliphatic carbocycles. The highest BCUT2D eigenvalue weighted by atomic mass is 32.2. The van der Waals surface area contributed by atoms with Crippen LogP contribution < -0.4 is 5.32 Å². The number of sulfone groups is 1. The minimum absolute atomic E-state index is 0.281. The van der Waals surface area contributed by atoms with Crippen LogP contribution in [0.5, 0.6) is 0 Å². The van der Waals surface area contributed by atoms with Crippen LogP contribution in [0.2, 0.25) is 0 Å². The van der Waals surface area contributed by atoms with Gasteiger partial charge in [0.05, 0.1) is 28.4 Å². The lowest BCUT2D eigenvalue weighted by molar-refractivity contribution is 0.109. The minimum Gasteiger partial charge on any atom is -0.392 e. The summed E-state index contributed by atoms with van der Waals surface area (Å²) in [4.78, 5) is 7.07. The molecule has 1 atom stereocenters. The molecule has 5 rings (SSSR count). The van der Waals surface area contributed by atoms with Crippen LogP contribution in [-0.4, -0.2) is 65.0 Å². The van der Waals surface area contributed by atoms with Crippen molar-refractivity contribution in [2.24, 2.45) is 0 Å². The fourth-order valence-electron chi connectivity index (χ4n) is 4.84. The molecule has 36 heavy (non-hydrogen) atoms. The van der Waals surface area contributed by atoms with Crippen LogP contribution in [0.3, 0.4) is 0 Å². The maximum atomic E-state index is 11.8. The summed E-state index contributed by atoms with van der Waals surface area (Å²) in [6, 6.07) is 19.2. The number of nitrogens with one attached hydrogen (secondary N) is 1. The number of aliphatic hydroxyl groups excluding tert-OH is 1. The Bertz CT molecular complexity index is 1440. The highest BCUT2D eigenvalue weighted by molar-refractivity contribution is 7.90. The zero-order chi connectivity index (χ0) is 25.3. The molecule has 8 nitrogen and oxygen atoms in total. The molecule has 188 valence electrons. The number of β-amino-alcohol motifs (C(OH)–C–C–N with tert-alkyl or cyclic N) is 1. The van der Waals surface area contributed by atoms with Gasteiger partial charge in [0.1, 0.15) is 0 Å². The average molecular weight is 506 g/mol. The van der Waals surface area contributed by atoms with Crippen LogP contribution in [0.25, 0.3) is 16.8 Å². The number of hydrogen-bond donors (Lipinski definition) is 2. The lowest BCUT2D eigenvalue weighted by Crippen LogP contribution is -2.37. The van der Waals surface area contributed by atoms with E-state index in [0.717, 1.165) is 54.9 Å². The zero-order valence-corrected chi connectivity index (χ0v) is 21.3. The van der Waals surface area contributed by atoms with Gasteiger partial charge in [-0.1, -0.05) is 24.3 Å². The lowest BCUT2D eigenvalue weighted by Gasteiger charge is -2.32. The Balaban J connectivity index is 1.29. The first-order chi connectivity index (χ1) is 17.3. The van der Waals surface area contributed by atoms with Crippen molar-refractivity contribution in [3.8, 4) is 11.3 Å². The van der Waals surface area contributed by atoms with Crippen molar-refractivity contribution in [1.29, 1.82) is 0 Å². The summed E-state index contributed by atoms with van der Waals surface area (Å²) >= 11 is 0. The second-order valence-electron chi connectivity index (χ2n) is 9.60. The summed E-state index contributed by atoms with van der Waals surface area (Å²) in [5, 5.41) is 17.6. The lowest BCUT2D eigenvalue weighted by atomic mass is 9.89. The van der Waals surface area contributed by atoms with E-state index in [9.17, 15) is 13.5 Å². The molecule has 0 amide bonds. The molecular weight excluding hydrogens is 474 g/mol. The van der Waals surface area contributed by atoms with E-state index >= 15 is 0 Å². The van der Waals surface area contributed by atoms with E-state index in [-0.39, 0.29) is 11.0 Å². The number of rotatable bonds is 7. The third kappa shape index (κ3) is 5.43. The Morgan fingerprint density at radius 3 is 2.36 bits per heavy atom. The van der Waals surface area contributed by atoms with Gasteiger partial charge in [-0.25, -0.2) is 17.9 Å². The standard InChI is InChI=1S/C27H31N5O3S/c1-19(33)18-31-15-13-21(14-16-31)20-3-7-23(8-4-20)29-27-28-17-24-9-12-26(32(24)30-27)22-5-10-25(11-6-22)36(2,34)35/h3-12,17,19,21,33H,13-16,18H2,1-2H3,(H,29,30). The minimum atomic E-state index is -3.24. The van der Waals surface area contributed by atoms with Gasteiger partial charge in [0.2, 0.25) is 5.95 Å². The monoisotopic (exact) mass is 505 g/mol. The van der Waals surface area contributed by atoms with Crippen molar-refractivity contribution in [2.45, 2.75) is 36.7 Å². The first-order valence-corrected chi connectivity index (χ1v) is 14.1. The molecule has 9 heteroatoms. The van der Waals surface area contributed by atoms with Gasteiger partial charge >= 0.3 is 0 Å². The molecular formula is C27H31N5O3S. The molecule has 0 spiro atoms. The fourth-order valence-corrected chi connectivity index (χ4v) is 5.47. The smallest absolute Gasteiger partial charge is 0.245 e. The van der Waals surface area contributed by atoms with E-state index in [1.807, 2.05) is 19.1 Å². The molecule has 2 aromatic carbocycles. The van der Waals surface area contributed by atoms with E-state index in [1.165, 1.54) is 11.8 Å². The Hall–Kier alpha value is -3.27. The van der Waals surface area contributed by atoms with Gasteiger partial charge in [-0.15, -0.1) is 5.10 Å². The van der Waals surface area contributed by atoms with Crippen molar-refractivity contribution >= 4 is 27.0 Å². The molecule has 1 fully saturated rings. The number of aromatic nitrogens is 3. The quantitative estimate of drug-likeness (QED) is 0.390. The van der Waals surface area contributed by atoms with Gasteiger partial charge in [-0.05, 0) is 80.7 Å². The number of likely N-dealkylation sites (tertiary alicyclic amines) is 1. The normalized spacial score (nSPS) is 16.3. The summed E-state index contributed by atoms with van der Waals surface area (Å²) in [6.45, 7) is 4.61. The predicted molar refractivity (Wildman–Crippen MR) is 141 cm³/mol. The number of anilines is 2. The van der Waals surface area contributed by atoms with E-state index in [0.29, 0.717) is 11.9 Å². The summed E-state index contributed by atoms with van der Waals surface area (Å²) in [6.07, 6.45) is 4.88. The van der Waals surface area contributed by atoms with E-state index < -0.39 is 9.84 Å². The van der Waals surface area contributed by atoms with E-state index in [2.05, 4.69) is 44.6 Å². The van der Waals surface area contributed by atoms with Gasteiger partial charge in [0.15, 0.2) is 9.84 Å². The van der Waals surface area contributed by atoms with Crippen LogP contribution in [-0.2, 0) is 9.84 Å². The van der Waals surface area contributed by atoms with E-state index in [1.54, 1.807) is 35.0 Å². The molecule has 4 aromatic rings. The summed E-state index contributed by atoms with van der Waals surface area (Å²) in [7, 11) is -3.24. The number of benzene rings is 2. The maximum Gasteiger partial charge on any atom is 0.245 e. The highest BCUT2D eigenvalue weighted by Gasteiger charge is 2.21. The number of aliphatic hydroxyl groups is 1. The third-order valence-corrected chi connectivity index (χ3v) is 7.85. The molecule has 0 bridgehead atoms. The maximum absolute atomic E-state index is 11.8. The predicted octanol–water partition coefficient (Wildman–Crippen LogP) is 4.10. The fraction of sp³-hybridized carbons (Fsp3) is 0.333. The van der Waals surface area contributed by atoms with Crippen molar-refractivity contribution in [3.63, 3.8) is 0 Å². The first kappa shape index (κ1) is 24.4. The number of hydrogen-bond acceptors (Lipinski definition) is 7. The topological polar surface area (TPSA) is 99.8 Å². The number of piperidine rings is 1. The van der Waals surface area contributed by atoms with Gasteiger partial charge in [-0.2, -0.15) is 0 Å². The summed E-state index contributed by atoms with van der Waals surface area (Å²) in [5.41, 5.74) is 4.82. The molecule has 1 aliphatic rings. The average Bonchev–Trinajstić information content (AvgIpc) is 3.28. The Kier molecular flexibility index (Phi) is 6.79. The van der Waals surface area contributed by atoms with Gasteiger partial charge in [-0.3, -0.25) is 0 Å². The van der Waals surface area contributed by atoms with Crippen molar-refractivity contribution in [1.82, 2.24) is 19.5 Å². The molecule has 0 radical (unpaired) electrons. The Morgan fingerprint density at radius 2 is 1.72 bits per heavy atom. The largest absolute Gasteiger partial charge is 0.392 e. The Morgan fingerprint density at radius 1 is 1.03 bits per heavy atom. The van der Waals surface area contributed by atoms with Crippen LogP contribution in [0.1, 0.15) is 31.2 Å². The molecule has 1 saturated heterocycles. The molecule has 2 aromatic heterocycles. The van der Waals surface area contributed by atoms with E-state index in [4.69, 9.17) is 0 Å². The molecule has 3 heterocycles. The summed E-state index contributed by atoms with van der Waals surface area (Å²) < 4.78 is 25.4. The van der Waals surface area contributed by atoms with Gasteiger partial charge in [0.25, 0.3) is 0 Å². The van der Waals surface area contributed by atoms with Crippen molar-refractivity contribution < 1.29 is 13.5 Å². The van der Waals surface area contributed by atoms with Crippen LogP contribution in [0.4, 0.5) is 11.6 Å². The second kappa shape index (κ2) is 10.0. The zero-order valence-electron chi connectivity index (χ0n) is 20.5. The highest BCUT2D eigenvalue weighted by Crippen LogP contribution is 2.29. The SMILES string of the molecule is CC(O)CN1CCC(c2ccc(Nc3ncc4ccc(-c5ccc(S(C)(=O)=O)cc5)n4n3)cc2)CC1. The molecule has 2 N–H and O–H groups in total.